The molecule has 82 valence electrons. The van der Waals surface area contributed by atoms with Crippen LogP contribution in [0.5, 0.6) is 0 Å². The van der Waals surface area contributed by atoms with Crippen LogP contribution in [0, 0.1) is 17.5 Å². The van der Waals surface area contributed by atoms with Crippen LogP contribution in [0.15, 0.2) is 12.1 Å². The summed E-state index contributed by atoms with van der Waals surface area (Å²) in [6.07, 6.45) is -2.80. The van der Waals surface area contributed by atoms with Gasteiger partial charge >= 0.3 is 5.97 Å². The Bertz CT molecular complexity index is 392. The molecule has 0 spiro atoms. The third kappa shape index (κ3) is 2.47. The minimum atomic E-state index is -1.90. The molecule has 0 amide bonds. The summed E-state index contributed by atoms with van der Waals surface area (Å²) in [7, 11) is 0. The third-order valence-corrected chi connectivity index (χ3v) is 1.78. The van der Waals surface area contributed by atoms with Crippen LogP contribution in [-0.4, -0.2) is 16.2 Å². The highest BCUT2D eigenvalue weighted by Gasteiger charge is 2.22. The molecule has 0 aliphatic rings. The average Bonchev–Trinajstić information content (AvgIpc) is 2.11. The van der Waals surface area contributed by atoms with E-state index in [9.17, 15) is 18.0 Å². The van der Waals surface area contributed by atoms with E-state index in [-0.39, 0.29) is 0 Å². The second-order valence-electron chi connectivity index (χ2n) is 2.87. The molecule has 0 saturated heterocycles. The maximum absolute atomic E-state index is 13.0. The van der Waals surface area contributed by atoms with Gasteiger partial charge in [-0.25, -0.2) is 13.2 Å². The first-order valence-electron chi connectivity index (χ1n) is 3.96. The molecule has 0 unspecified atom stereocenters. The van der Waals surface area contributed by atoms with Crippen molar-refractivity contribution < 1.29 is 28.2 Å². The largest absolute Gasteiger partial charge is 0.481 e. The van der Waals surface area contributed by atoms with Gasteiger partial charge in [0.25, 0.3) is 0 Å². The van der Waals surface area contributed by atoms with Gasteiger partial charge in [-0.15, -0.1) is 0 Å². The summed E-state index contributed by atoms with van der Waals surface area (Å²) in [6.45, 7) is 0. The van der Waals surface area contributed by atoms with Crippen LogP contribution in [0.25, 0.3) is 0 Å². The molecule has 0 heterocycles. The van der Waals surface area contributed by atoms with Crippen LogP contribution in [0.1, 0.15) is 18.1 Å². The van der Waals surface area contributed by atoms with Crippen LogP contribution in [0.2, 0.25) is 0 Å². The molecule has 0 saturated carbocycles. The van der Waals surface area contributed by atoms with Gasteiger partial charge < -0.3 is 10.2 Å². The molecule has 0 aliphatic carbocycles. The Labute approximate surface area is 82.8 Å². The lowest BCUT2D eigenvalue weighted by Crippen LogP contribution is -2.10. The maximum Gasteiger partial charge on any atom is 0.306 e. The molecule has 0 fully saturated rings. The zero-order valence-corrected chi connectivity index (χ0v) is 7.38. The first kappa shape index (κ1) is 11.5. The average molecular weight is 220 g/mol. The summed E-state index contributed by atoms with van der Waals surface area (Å²) in [5.41, 5.74) is -0.961. The molecule has 1 atom stereocenters. The van der Waals surface area contributed by atoms with Crippen molar-refractivity contribution in [3.63, 3.8) is 0 Å². The number of hydrogen-bond acceptors (Lipinski definition) is 2. The number of hydrogen-bond donors (Lipinski definition) is 2. The zero-order chi connectivity index (χ0) is 11.6. The van der Waals surface area contributed by atoms with Gasteiger partial charge in [-0.2, -0.15) is 0 Å². The molecule has 3 nitrogen and oxygen atoms in total. The molecule has 0 aliphatic heterocycles. The van der Waals surface area contributed by atoms with E-state index in [1.807, 2.05) is 0 Å². The second-order valence-corrected chi connectivity index (χ2v) is 2.87. The number of carbonyl (C=O) groups is 1. The lowest BCUT2D eigenvalue weighted by molar-refractivity contribution is -0.139. The Balaban J connectivity index is 3.12. The summed E-state index contributed by atoms with van der Waals surface area (Å²) < 4.78 is 38.6. The van der Waals surface area contributed by atoms with Gasteiger partial charge in [-0.1, -0.05) is 0 Å². The van der Waals surface area contributed by atoms with Crippen molar-refractivity contribution in [2.24, 2.45) is 0 Å². The van der Waals surface area contributed by atoms with Crippen molar-refractivity contribution in [2.45, 2.75) is 12.5 Å². The van der Waals surface area contributed by atoms with Crippen molar-refractivity contribution in [1.82, 2.24) is 0 Å². The topological polar surface area (TPSA) is 57.5 Å². The van der Waals surface area contributed by atoms with E-state index < -0.39 is 41.5 Å². The van der Waals surface area contributed by atoms with Crippen LogP contribution in [0.4, 0.5) is 13.2 Å². The van der Waals surface area contributed by atoms with Gasteiger partial charge in [-0.3, -0.25) is 4.79 Å². The summed E-state index contributed by atoms with van der Waals surface area (Å²) >= 11 is 0. The van der Waals surface area contributed by atoms with Gasteiger partial charge in [0.15, 0.2) is 11.6 Å². The van der Waals surface area contributed by atoms with Crippen LogP contribution in [0.3, 0.4) is 0 Å². The second kappa shape index (κ2) is 4.31. The first-order chi connectivity index (χ1) is 6.93. The quantitative estimate of drug-likeness (QED) is 0.761. The van der Waals surface area contributed by atoms with Crippen molar-refractivity contribution in [3.8, 4) is 0 Å². The summed E-state index contributed by atoms with van der Waals surface area (Å²) in [4.78, 5) is 10.2. The molecule has 1 aromatic rings. The van der Waals surface area contributed by atoms with E-state index in [0.29, 0.717) is 12.1 Å². The van der Waals surface area contributed by atoms with Crippen LogP contribution >= 0.6 is 0 Å². The fourth-order valence-electron chi connectivity index (χ4n) is 1.12. The van der Waals surface area contributed by atoms with Gasteiger partial charge in [0.05, 0.1) is 18.1 Å². The number of aliphatic carboxylic acids is 1. The molecular weight excluding hydrogens is 213 g/mol. The zero-order valence-electron chi connectivity index (χ0n) is 7.38. The Kier molecular flexibility index (Phi) is 3.31. The molecular formula is C9H7F3O3. The minimum Gasteiger partial charge on any atom is -0.481 e. The highest BCUT2D eigenvalue weighted by atomic mass is 19.2. The van der Waals surface area contributed by atoms with Crippen molar-refractivity contribution in [1.29, 1.82) is 0 Å². The summed E-state index contributed by atoms with van der Waals surface area (Å²) in [5.74, 6) is -5.52. The Hall–Kier alpha value is -1.56. The minimum absolute atomic E-state index is 0.557. The van der Waals surface area contributed by atoms with Crippen LogP contribution in [-0.2, 0) is 4.79 Å². The number of carboxylic acid groups (broad SMARTS) is 1. The summed E-state index contributed by atoms with van der Waals surface area (Å²) in [6, 6.07) is 1.18. The molecule has 6 heteroatoms. The monoisotopic (exact) mass is 220 g/mol. The molecule has 2 N–H and O–H groups in total. The van der Waals surface area contributed by atoms with E-state index >= 15 is 0 Å². The smallest absolute Gasteiger partial charge is 0.306 e. The van der Waals surface area contributed by atoms with Crippen molar-refractivity contribution in [3.05, 3.63) is 35.1 Å². The van der Waals surface area contributed by atoms with Gasteiger partial charge in [0, 0.05) is 0 Å². The van der Waals surface area contributed by atoms with E-state index in [2.05, 4.69) is 0 Å². The van der Waals surface area contributed by atoms with Crippen LogP contribution < -0.4 is 0 Å². The number of carboxylic acids is 1. The Morgan fingerprint density at radius 3 is 2.33 bits per heavy atom. The van der Waals surface area contributed by atoms with E-state index in [4.69, 9.17) is 10.2 Å². The summed E-state index contributed by atoms with van der Waals surface area (Å²) in [5, 5.41) is 17.4. The van der Waals surface area contributed by atoms with Gasteiger partial charge in [0.2, 0.25) is 0 Å². The molecule has 0 radical (unpaired) electrons. The highest BCUT2D eigenvalue weighted by molar-refractivity contribution is 5.67. The SMILES string of the molecule is O=C(O)C[C@@H](O)c1c(F)ccc(F)c1F. The lowest BCUT2D eigenvalue weighted by atomic mass is 10.1. The number of aliphatic hydroxyl groups is 1. The Morgan fingerprint density at radius 2 is 1.80 bits per heavy atom. The lowest BCUT2D eigenvalue weighted by Gasteiger charge is -2.10. The molecule has 1 rings (SSSR count). The Morgan fingerprint density at radius 1 is 1.27 bits per heavy atom. The normalized spacial score (nSPS) is 12.5. The van der Waals surface area contributed by atoms with Crippen molar-refractivity contribution >= 4 is 5.97 Å². The fraction of sp³-hybridized carbons (Fsp3) is 0.222. The van der Waals surface area contributed by atoms with E-state index in [0.717, 1.165) is 0 Å². The molecule has 0 aromatic heterocycles. The van der Waals surface area contributed by atoms with Crippen molar-refractivity contribution in [2.75, 3.05) is 0 Å². The first-order valence-corrected chi connectivity index (χ1v) is 3.96. The number of rotatable bonds is 3. The number of aliphatic hydroxyl groups excluding tert-OH is 1. The molecule has 1 aromatic carbocycles. The molecule has 0 bridgehead atoms. The maximum atomic E-state index is 13.0. The van der Waals surface area contributed by atoms with E-state index in [1.54, 1.807) is 0 Å². The highest BCUT2D eigenvalue weighted by Crippen LogP contribution is 2.24. The standard InChI is InChI=1S/C9H7F3O3/c10-4-1-2-5(11)9(12)8(4)6(13)3-7(14)15/h1-2,6,13H,3H2,(H,14,15)/t6-/m1/s1. The molecule has 15 heavy (non-hydrogen) atoms. The predicted octanol–water partition coefficient (Wildman–Crippen LogP) is 1.61. The van der Waals surface area contributed by atoms with E-state index in [1.165, 1.54) is 0 Å². The van der Waals surface area contributed by atoms with Gasteiger partial charge in [-0.05, 0) is 12.1 Å². The fourth-order valence-corrected chi connectivity index (χ4v) is 1.12. The third-order valence-electron chi connectivity index (χ3n) is 1.78. The number of halogens is 3. The number of benzene rings is 1. The van der Waals surface area contributed by atoms with Gasteiger partial charge in [0.1, 0.15) is 5.82 Å². The predicted molar refractivity (Wildman–Crippen MR) is 43.5 cm³/mol.